The van der Waals surface area contributed by atoms with Gasteiger partial charge in [0.05, 0.1) is 10.0 Å². The van der Waals surface area contributed by atoms with Crippen molar-refractivity contribution in [3.63, 3.8) is 0 Å². The molecule has 1 aliphatic heterocycles. The molecule has 0 saturated carbocycles. The Morgan fingerprint density at radius 2 is 2.00 bits per heavy atom. The van der Waals surface area contributed by atoms with E-state index < -0.39 is 0 Å². The van der Waals surface area contributed by atoms with Crippen molar-refractivity contribution < 1.29 is 4.74 Å². The molecule has 1 unspecified atom stereocenters. The fourth-order valence-corrected chi connectivity index (χ4v) is 2.93. The van der Waals surface area contributed by atoms with Gasteiger partial charge in [0, 0.05) is 18.1 Å². The lowest BCUT2D eigenvalue weighted by Crippen LogP contribution is -2.03. The highest BCUT2D eigenvalue weighted by atomic mass is 35.5. The Labute approximate surface area is 136 Å². The van der Waals surface area contributed by atoms with E-state index in [1.807, 2.05) is 30.3 Å². The molecule has 1 atom stereocenters. The Kier molecular flexibility index (Phi) is 3.24. The van der Waals surface area contributed by atoms with Crippen LogP contribution >= 0.6 is 23.2 Å². The summed E-state index contributed by atoms with van der Waals surface area (Å²) >= 11 is 12.1. The van der Waals surface area contributed by atoms with Gasteiger partial charge in [-0.2, -0.15) is 0 Å². The summed E-state index contributed by atoms with van der Waals surface area (Å²) in [5, 5.41) is 14.9. The van der Waals surface area contributed by atoms with Crippen LogP contribution in [0.25, 0.3) is 11.4 Å². The zero-order valence-electron chi connectivity index (χ0n) is 11.3. The first-order chi connectivity index (χ1) is 10.7. The first kappa shape index (κ1) is 13.5. The summed E-state index contributed by atoms with van der Waals surface area (Å²) in [4.78, 5) is 0. The van der Waals surface area contributed by atoms with Gasteiger partial charge in [-0.05, 0) is 33.7 Å². The third-order valence-electron chi connectivity index (χ3n) is 3.66. The number of tetrazole rings is 1. The number of aromatic amines is 1. The predicted octanol–water partition coefficient (Wildman–Crippen LogP) is 3.85. The molecule has 0 bridgehead atoms. The predicted molar refractivity (Wildman–Crippen MR) is 83.1 cm³/mol. The van der Waals surface area contributed by atoms with Crippen LogP contribution in [-0.4, -0.2) is 20.6 Å². The molecule has 4 rings (SSSR count). The number of aromatic nitrogens is 4. The van der Waals surface area contributed by atoms with Crippen LogP contribution < -0.4 is 4.74 Å². The Bertz CT molecular complexity index is 805. The number of hydrogen-bond donors (Lipinski definition) is 1. The van der Waals surface area contributed by atoms with Crippen LogP contribution in [-0.2, 0) is 6.42 Å². The van der Waals surface area contributed by atoms with E-state index >= 15 is 0 Å². The van der Waals surface area contributed by atoms with Gasteiger partial charge in [-0.15, -0.1) is 5.10 Å². The highest BCUT2D eigenvalue weighted by Gasteiger charge is 2.26. The minimum atomic E-state index is -0.0691. The SMILES string of the molecule is Clc1cc2c(cc1Cl)OC(c1cccc(-c3nnn[nH]3)c1)C2. The second kappa shape index (κ2) is 5.26. The van der Waals surface area contributed by atoms with Gasteiger partial charge >= 0.3 is 0 Å². The third-order valence-corrected chi connectivity index (χ3v) is 4.38. The molecule has 0 spiro atoms. The van der Waals surface area contributed by atoms with E-state index in [1.54, 1.807) is 6.07 Å². The van der Waals surface area contributed by atoms with Crippen molar-refractivity contribution in [1.82, 2.24) is 20.6 Å². The molecule has 22 heavy (non-hydrogen) atoms. The first-order valence-electron chi connectivity index (χ1n) is 6.69. The number of H-pyrrole nitrogens is 1. The van der Waals surface area contributed by atoms with Gasteiger partial charge in [0.25, 0.3) is 0 Å². The van der Waals surface area contributed by atoms with Crippen LogP contribution in [0.5, 0.6) is 5.75 Å². The normalized spacial score (nSPS) is 16.4. The van der Waals surface area contributed by atoms with Crippen LogP contribution in [0.3, 0.4) is 0 Å². The average Bonchev–Trinajstić information content (AvgIpc) is 3.17. The number of nitrogens with zero attached hydrogens (tertiary/aromatic N) is 3. The Balaban J connectivity index is 1.66. The maximum atomic E-state index is 6.07. The summed E-state index contributed by atoms with van der Waals surface area (Å²) in [5.41, 5.74) is 3.03. The molecule has 7 heteroatoms. The molecule has 2 heterocycles. The van der Waals surface area contributed by atoms with Gasteiger partial charge in [-0.25, -0.2) is 5.10 Å². The number of rotatable bonds is 2. The molecule has 110 valence electrons. The first-order valence-corrected chi connectivity index (χ1v) is 7.45. The number of ether oxygens (including phenoxy) is 1. The lowest BCUT2D eigenvalue weighted by Gasteiger charge is -2.11. The molecular formula is C15H10Cl2N4O. The monoisotopic (exact) mass is 332 g/mol. The van der Waals surface area contributed by atoms with Crippen LogP contribution in [0.2, 0.25) is 10.0 Å². The van der Waals surface area contributed by atoms with E-state index in [9.17, 15) is 0 Å². The number of hydrogen-bond acceptors (Lipinski definition) is 4. The van der Waals surface area contributed by atoms with E-state index in [-0.39, 0.29) is 6.10 Å². The molecule has 0 aliphatic carbocycles. The quantitative estimate of drug-likeness (QED) is 0.774. The van der Waals surface area contributed by atoms with Crippen LogP contribution in [0.1, 0.15) is 17.2 Å². The summed E-state index contributed by atoms with van der Waals surface area (Å²) in [6, 6.07) is 11.6. The zero-order valence-corrected chi connectivity index (χ0v) is 12.8. The summed E-state index contributed by atoms with van der Waals surface area (Å²) in [6.45, 7) is 0. The molecule has 0 radical (unpaired) electrons. The second-order valence-electron chi connectivity index (χ2n) is 5.06. The van der Waals surface area contributed by atoms with Gasteiger partial charge in [0.15, 0.2) is 5.82 Å². The molecule has 0 amide bonds. The molecule has 1 aliphatic rings. The second-order valence-corrected chi connectivity index (χ2v) is 5.87. The third kappa shape index (κ3) is 2.32. The minimum absolute atomic E-state index is 0.0691. The molecule has 0 fully saturated rings. The average molecular weight is 333 g/mol. The summed E-state index contributed by atoms with van der Waals surface area (Å²) in [5.74, 6) is 1.41. The zero-order chi connectivity index (χ0) is 15.1. The molecule has 5 nitrogen and oxygen atoms in total. The molecule has 1 N–H and O–H groups in total. The molecule has 0 saturated heterocycles. The van der Waals surface area contributed by atoms with Crippen LogP contribution in [0.4, 0.5) is 0 Å². The Morgan fingerprint density at radius 3 is 2.82 bits per heavy atom. The maximum Gasteiger partial charge on any atom is 0.179 e. The minimum Gasteiger partial charge on any atom is -0.485 e. The highest BCUT2D eigenvalue weighted by molar-refractivity contribution is 6.42. The van der Waals surface area contributed by atoms with Crippen molar-refractivity contribution in [3.05, 3.63) is 57.6 Å². The van der Waals surface area contributed by atoms with Crippen molar-refractivity contribution >= 4 is 23.2 Å². The molecular weight excluding hydrogens is 323 g/mol. The molecule has 1 aromatic heterocycles. The van der Waals surface area contributed by atoms with E-state index in [0.717, 1.165) is 28.9 Å². The summed E-state index contributed by atoms with van der Waals surface area (Å²) < 4.78 is 6.00. The lowest BCUT2D eigenvalue weighted by atomic mass is 10.0. The number of nitrogens with one attached hydrogen (secondary N) is 1. The van der Waals surface area contributed by atoms with E-state index in [1.165, 1.54) is 0 Å². The van der Waals surface area contributed by atoms with Crippen LogP contribution in [0.15, 0.2) is 36.4 Å². The lowest BCUT2D eigenvalue weighted by molar-refractivity contribution is 0.239. The van der Waals surface area contributed by atoms with Gasteiger partial charge in [0.1, 0.15) is 11.9 Å². The number of halogens is 2. The smallest absolute Gasteiger partial charge is 0.179 e. The summed E-state index contributed by atoms with van der Waals surface area (Å²) in [7, 11) is 0. The highest BCUT2D eigenvalue weighted by Crippen LogP contribution is 2.41. The van der Waals surface area contributed by atoms with Crippen LogP contribution in [0, 0.1) is 0 Å². The largest absolute Gasteiger partial charge is 0.485 e. The van der Waals surface area contributed by atoms with Gasteiger partial charge in [-0.1, -0.05) is 41.4 Å². The van der Waals surface area contributed by atoms with Gasteiger partial charge < -0.3 is 4.74 Å². The Morgan fingerprint density at radius 1 is 1.14 bits per heavy atom. The molecule has 2 aromatic carbocycles. The van der Waals surface area contributed by atoms with Crippen molar-refractivity contribution in [2.45, 2.75) is 12.5 Å². The van der Waals surface area contributed by atoms with Gasteiger partial charge in [0.2, 0.25) is 0 Å². The summed E-state index contributed by atoms with van der Waals surface area (Å²) in [6.07, 6.45) is 0.685. The fourth-order valence-electron chi connectivity index (χ4n) is 2.59. The van der Waals surface area contributed by atoms with Crippen molar-refractivity contribution in [2.75, 3.05) is 0 Å². The maximum absolute atomic E-state index is 6.07. The molecule has 3 aromatic rings. The van der Waals surface area contributed by atoms with Crippen molar-refractivity contribution in [1.29, 1.82) is 0 Å². The van der Waals surface area contributed by atoms with E-state index in [4.69, 9.17) is 27.9 Å². The fraction of sp³-hybridized carbons (Fsp3) is 0.133. The Hall–Kier alpha value is -2.11. The standard InChI is InChI=1S/C15H10Cl2N4O/c16-11-5-10-6-13(22-14(10)7-12(11)17)8-2-1-3-9(4-8)15-18-20-21-19-15/h1-5,7,13H,6H2,(H,18,19,20,21). The van der Waals surface area contributed by atoms with E-state index in [0.29, 0.717) is 15.9 Å². The number of benzene rings is 2. The van der Waals surface area contributed by atoms with E-state index in [2.05, 4.69) is 20.6 Å². The van der Waals surface area contributed by atoms with Crippen molar-refractivity contribution in [2.24, 2.45) is 0 Å². The number of fused-ring (bicyclic) bond motifs is 1. The topological polar surface area (TPSA) is 63.7 Å². The van der Waals surface area contributed by atoms with Gasteiger partial charge in [-0.3, -0.25) is 0 Å². The van der Waals surface area contributed by atoms with Crippen molar-refractivity contribution in [3.8, 4) is 17.1 Å².